The second-order valence-electron chi connectivity index (χ2n) is 5.82. The smallest absolute Gasteiger partial charge is 0.334 e. The van der Waals surface area contributed by atoms with Crippen molar-refractivity contribution in [1.82, 2.24) is 0 Å². The van der Waals surface area contributed by atoms with Gasteiger partial charge in [-0.3, -0.25) is 0 Å². The fourth-order valence-electron chi connectivity index (χ4n) is 1.98. The van der Waals surface area contributed by atoms with Crippen LogP contribution in [0.4, 0.5) is 0 Å². The number of hydrogen-bond donors (Lipinski definition) is 0. The van der Waals surface area contributed by atoms with Gasteiger partial charge in [0.25, 0.3) is 0 Å². The SMILES string of the molecule is CC(C)=CCCC1=CCC=C(C(=O)OCC(C)C)C1. The zero-order valence-corrected chi connectivity index (χ0v) is 12.7. The Kier molecular flexibility index (Phi) is 6.61. The fourth-order valence-corrected chi connectivity index (χ4v) is 1.98. The summed E-state index contributed by atoms with van der Waals surface area (Å²) in [7, 11) is 0. The molecule has 0 spiro atoms. The van der Waals surface area contributed by atoms with E-state index < -0.39 is 0 Å². The summed E-state index contributed by atoms with van der Waals surface area (Å²) in [6.45, 7) is 8.83. The lowest BCUT2D eigenvalue weighted by molar-refractivity contribution is -0.140. The monoisotopic (exact) mass is 262 g/mol. The van der Waals surface area contributed by atoms with Crippen LogP contribution in [0.5, 0.6) is 0 Å². The van der Waals surface area contributed by atoms with Crippen LogP contribution in [0.2, 0.25) is 0 Å². The van der Waals surface area contributed by atoms with Crippen LogP contribution < -0.4 is 0 Å². The molecule has 0 atom stereocenters. The first-order valence-corrected chi connectivity index (χ1v) is 7.16. The van der Waals surface area contributed by atoms with Crippen LogP contribution >= 0.6 is 0 Å². The summed E-state index contributed by atoms with van der Waals surface area (Å²) < 4.78 is 5.29. The molecule has 0 aromatic rings. The van der Waals surface area contributed by atoms with Crippen molar-refractivity contribution in [3.05, 3.63) is 34.9 Å². The van der Waals surface area contributed by atoms with E-state index in [-0.39, 0.29) is 5.97 Å². The maximum Gasteiger partial charge on any atom is 0.334 e. The van der Waals surface area contributed by atoms with E-state index >= 15 is 0 Å². The number of carbonyl (C=O) groups excluding carboxylic acids is 1. The second kappa shape index (κ2) is 7.98. The maximum atomic E-state index is 11.9. The van der Waals surface area contributed by atoms with Gasteiger partial charge in [0.05, 0.1) is 6.61 Å². The van der Waals surface area contributed by atoms with Crippen LogP contribution in [-0.2, 0) is 9.53 Å². The van der Waals surface area contributed by atoms with Crippen LogP contribution in [-0.4, -0.2) is 12.6 Å². The molecule has 0 radical (unpaired) electrons. The van der Waals surface area contributed by atoms with Gasteiger partial charge in [-0.2, -0.15) is 0 Å². The first kappa shape index (κ1) is 15.7. The van der Waals surface area contributed by atoms with Crippen LogP contribution in [0, 0.1) is 5.92 Å². The summed E-state index contributed by atoms with van der Waals surface area (Å²) in [5, 5.41) is 0. The van der Waals surface area contributed by atoms with Gasteiger partial charge in [-0.15, -0.1) is 0 Å². The molecule has 0 N–H and O–H groups in total. The predicted octanol–water partition coefficient (Wildman–Crippen LogP) is 4.58. The average Bonchev–Trinajstić information content (AvgIpc) is 2.36. The van der Waals surface area contributed by atoms with Gasteiger partial charge in [-0.05, 0) is 39.0 Å². The van der Waals surface area contributed by atoms with Gasteiger partial charge in [0, 0.05) is 12.0 Å². The Morgan fingerprint density at radius 3 is 2.74 bits per heavy atom. The molecule has 0 saturated carbocycles. The van der Waals surface area contributed by atoms with Crippen molar-refractivity contribution in [1.29, 1.82) is 0 Å². The molecular formula is C17H26O2. The van der Waals surface area contributed by atoms with E-state index in [9.17, 15) is 4.79 Å². The molecular weight excluding hydrogens is 236 g/mol. The quantitative estimate of drug-likeness (QED) is 0.517. The van der Waals surface area contributed by atoms with Crippen molar-refractivity contribution >= 4 is 5.97 Å². The molecule has 19 heavy (non-hydrogen) atoms. The van der Waals surface area contributed by atoms with Crippen LogP contribution in [0.1, 0.15) is 53.4 Å². The Bertz CT molecular complexity index is 393. The molecule has 0 bridgehead atoms. The Morgan fingerprint density at radius 1 is 1.37 bits per heavy atom. The first-order chi connectivity index (χ1) is 8.99. The van der Waals surface area contributed by atoms with Crippen molar-refractivity contribution in [2.75, 3.05) is 6.61 Å². The molecule has 0 aliphatic heterocycles. The van der Waals surface area contributed by atoms with E-state index in [4.69, 9.17) is 4.74 Å². The highest BCUT2D eigenvalue weighted by Gasteiger charge is 2.15. The van der Waals surface area contributed by atoms with Crippen molar-refractivity contribution in [2.45, 2.75) is 53.4 Å². The zero-order valence-electron chi connectivity index (χ0n) is 12.7. The fraction of sp³-hybridized carbons (Fsp3) is 0.588. The molecule has 106 valence electrons. The third-order valence-corrected chi connectivity index (χ3v) is 3.02. The Balaban J connectivity index is 2.41. The molecule has 2 nitrogen and oxygen atoms in total. The van der Waals surface area contributed by atoms with E-state index in [1.165, 1.54) is 11.1 Å². The van der Waals surface area contributed by atoms with Gasteiger partial charge in [0.2, 0.25) is 0 Å². The van der Waals surface area contributed by atoms with Crippen LogP contribution in [0.25, 0.3) is 0 Å². The van der Waals surface area contributed by atoms with Gasteiger partial charge in [-0.1, -0.05) is 43.2 Å². The minimum Gasteiger partial charge on any atom is -0.462 e. The van der Waals surface area contributed by atoms with Crippen molar-refractivity contribution in [3.8, 4) is 0 Å². The summed E-state index contributed by atoms with van der Waals surface area (Å²) in [5.41, 5.74) is 3.54. The summed E-state index contributed by atoms with van der Waals surface area (Å²) in [4.78, 5) is 11.9. The van der Waals surface area contributed by atoms with Gasteiger partial charge < -0.3 is 4.74 Å². The highest BCUT2D eigenvalue weighted by atomic mass is 16.5. The van der Waals surface area contributed by atoms with Gasteiger partial charge in [0.15, 0.2) is 0 Å². The molecule has 0 saturated heterocycles. The molecule has 1 rings (SSSR count). The normalized spacial score (nSPS) is 14.8. The number of carbonyl (C=O) groups is 1. The lowest BCUT2D eigenvalue weighted by Gasteiger charge is -2.15. The van der Waals surface area contributed by atoms with E-state index in [2.05, 4.69) is 26.0 Å². The number of esters is 1. The van der Waals surface area contributed by atoms with E-state index in [1.54, 1.807) is 0 Å². The number of ether oxygens (including phenoxy) is 1. The number of hydrogen-bond acceptors (Lipinski definition) is 2. The molecule has 1 aliphatic rings. The Labute approximate surface area is 117 Å². The molecule has 0 aromatic carbocycles. The van der Waals surface area contributed by atoms with Crippen LogP contribution in [0.15, 0.2) is 34.9 Å². The van der Waals surface area contributed by atoms with Gasteiger partial charge >= 0.3 is 5.97 Å². The highest BCUT2D eigenvalue weighted by Crippen LogP contribution is 2.23. The average molecular weight is 262 g/mol. The molecule has 1 aliphatic carbocycles. The largest absolute Gasteiger partial charge is 0.462 e. The summed E-state index contributed by atoms with van der Waals surface area (Å²) in [5.74, 6) is 0.252. The summed E-state index contributed by atoms with van der Waals surface area (Å²) in [6.07, 6.45) is 10.2. The van der Waals surface area contributed by atoms with Crippen LogP contribution in [0.3, 0.4) is 0 Å². The molecule has 0 heterocycles. The standard InChI is InChI=1S/C17H26O2/c1-13(2)7-5-8-15-9-6-10-16(11-15)17(18)19-12-14(3)4/h7,9-10,14H,5-6,8,11-12H2,1-4H3. The Morgan fingerprint density at radius 2 is 2.11 bits per heavy atom. The molecule has 2 heteroatoms. The number of rotatable bonds is 6. The minimum absolute atomic E-state index is 0.137. The zero-order chi connectivity index (χ0) is 14.3. The lowest BCUT2D eigenvalue weighted by atomic mass is 9.94. The van der Waals surface area contributed by atoms with Gasteiger partial charge in [-0.25, -0.2) is 4.79 Å². The number of allylic oxidation sites excluding steroid dienone is 5. The maximum absolute atomic E-state index is 11.9. The van der Waals surface area contributed by atoms with E-state index in [0.717, 1.165) is 31.3 Å². The van der Waals surface area contributed by atoms with E-state index in [1.807, 2.05) is 19.9 Å². The second-order valence-corrected chi connectivity index (χ2v) is 5.82. The minimum atomic E-state index is -0.137. The molecule has 0 unspecified atom stereocenters. The molecule has 0 aromatic heterocycles. The summed E-state index contributed by atoms with van der Waals surface area (Å²) in [6, 6.07) is 0. The lowest BCUT2D eigenvalue weighted by Crippen LogP contribution is -2.14. The van der Waals surface area contributed by atoms with Gasteiger partial charge in [0.1, 0.15) is 0 Å². The first-order valence-electron chi connectivity index (χ1n) is 7.16. The van der Waals surface area contributed by atoms with Crippen molar-refractivity contribution < 1.29 is 9.53 Å². The van der Waals surface area contributed by atoms with Crippen molar-refractivity contribution in [2.24, 2.45) is 5.92 Å². The molecule has 0 amide bonds. The van der Waals surface area contributed by atoms with E-state index in [0.29, 0.717) is 12.5 Å². The predicted molar refractivity (Wildman–Crippen MR) is 79.9 cm³/mol. The topological polar surface area (TPSA) is 26.3 Å². The van der Waals surface area contributed by atoms with Crippen molar-refractivity contribution in [3.63, 3.8) is 0 Å². The molecule has 0 fully saturated rings. The summed E-state index contributed by atoms with van der Waals surface area (Å²) >= 11 is 0. The third-order valence-electron chi connectivity index (χ3n) is 3.02. The highest BCUT2D eigenvalue weighted by molar-refractivity contribution is 5.89. The Hall–Kier alpha value is -1.31. The third kappa shape index (κ3) is 6.42.